The van der Waals surface area contributed by atoms with Crippen molar-refractivity contribution in [2.45, 2.75) is 29.4 Å². The minimum absolute atomic E-state index is 0.0957. The van der Waals surface area contributed by atoms with Crippen molar-refractivity contribution < 1.29 is 13.2 Å². The normalized spacial score (nSPS) is 11.7. The van der Waals surface area contributed by atoms with Crippen molar-refractivity contribution in [3.05, 3.63) is 59.2 Å². The fourth-order valence-corrected chi connectivity index (χ4v) is 2.89. The van der Waals surface area contributed by atoms with Crippen molar-refractivity contribution in [2.24, 2.45) is 5.73 Å². The van der Waals surface area contributed by atoms with Gasteiger partial charge in [0.2, 0.25) is 0 Å². The molecule has 2 aromatic carbocycles. The molecule has 20 heavy (non-hydrogen) atoms. The summed E-state index contributed by atoms with van der Waals surface area (Å²) < 4.78 is 39.3. The first kappa shape index (κ1) is 14.9. The van der Waals surface area contributed by atoms with Crippen molar-refractivity contribution in [1.29, 1.82) is 0 Å². The van der Waals surface area contributed by atoms with Crippen LogP contribution in [0.4, 0.5) is 13.2 Å². The number of nitrogens with two attached hydrogens (primary N) is 1. The van der Waals surface area contributed by atoms with Gasteiger partial charge in [-0.05, 0) is 36.8 Å². The maximum atomic E-state index is 13.1. The van der Waals surface area contributed by atoms with Gasteiger partial charge in [0.15, 0.2) is 0 Å². The number of alkyl halides is 3. The van der Waals surface area contributed by atoms with Crippen LogP contribution in [0.2, 0.25) is 0 Å². The van der Waals surface area contributed by atoms with Crippen molar-refractivity contribution in [1.82, 2.24) is 0 Å². The van der Waals surface area contributed by atoms with E-state index >= 15 is 0 Å². The lowest BCUT2D eigenvalue weighted by Gasteiger charge is -2.14. The predicted molar refractivity (Wildman–Crippen MR) is 74.6 cm³/mol. The maximum Gasteiger partial charge on any atom is 0.417 e. The predicted octanol–water partition coefficient (Wildman–Crippen LogP) is 4.62. The molecule has 0 aliphatic heterocycles. The van der Waals surface area contributed by atoms with Crippen LogP contribution in [0.3, 0.4) is 0 Å². The molecule has 0 saturated carbocycles. The molecule has 0 unspecified atom stereocenters. The molecular weight excluding hydrogens is 283 g/mol. The van der Waals surface area contributed by atoms with Gasteiger partial charge in [-0.2, -0.15) is 13.2 Å². The highest BCUT2D eigenvalue weighted by molar-refractivity contribution is 7.99. The van der Waals surface area contributed by atoms with Crippen LogP contribution >= 0.6 is 11.8 Å². The topological polar surface area (TPSA) is 26.0 Å². The van der Waals surface area contributed by atoms with E-state index in [0.29, 0.717) is 5.56 Å². The molecule has 0 aliphatic rings. The molecule has 0 atom stereocenters. The molecule has 0 saturated heterocycles. The number of benzene rings is 2. The van der Waals surface area contributed by atoms with Gasteiger partial charge in [0, 0.05) is 16.3 Å². The van der Waals surface area contributed by atoms with Crippen molar-refractivity contribution in [2.75, 3.05) is 0 Å². The fourth-order valence-electron chi connectivity index (χ4n) is 1.82. The summed E-state index contributed by atoms with van der Waals surface area (Å²) >= 11 is 1.11. The second kappa shape index (κ2) is 5.89. The van der Waals surface area contributed by atoms with Gasteiger partial charge in [-0.25, -0.2) is 0 Å². The van der Waals surface area contributed by atoms with E-state index in [1.165, 1.54) is 6.07 Å². The molecule has 0 fully saturated rings. The summed E-state index contributed by atoms with van der Waals surface area (Å²) in [5, 5.41) is 0. The largest absolute Gasteiger partial charge is 0.417 e. The van der Waals surface area contributed by atoms with Gasteiger partial charge >= 0.3 is 6.18 Å². The molecule has 1 nitrogen and oxygen atoms in total. The third kappa shape index (κ3) is 3.55. The summed E-state index contributed by atoms with van der Waals surface area (Å²) in [5.74, 6) is 0. The van der Waals surface area contributed by atoms with E-state index in [4.69, 9.17) is 5.73 Å². The SMILES string of the molecule is Cc1cccc(Sc2ccc(CN)cc2C(F)(F)F)c1. The van der Waals surface area contributed by atoms with Crippen LogP contribution in [0.25, 0.3) is 0 Å². The summed E-state index contributed by atoms with van der Waals surface area (Å²) in [6, 6.07) is 11.6. The van der Waals surface area contributed by atoms with Crippen molar-refractivity contribution in [3.63, 3.8) is 0 Å². The van der Waals surface area contributed by atoms with Gasteiger partial charge in [0.1, 0.15) is 0 Å². The summed E-state index contributed by atoms with van der Waals surface area (Å²) in [6.45, 7) is 2.00. The van der Waals surface area contributed by atoms with Crippen LogP contribution in [0.1, 0.15) is 16.7 Å². The van der Waals surface area contributed by atoms with Crippen LogP contribution in [0.15, 0.2) is 52.3 Å². The molecule has 106 valence electrons. The average molecular weight is 297 g/mol. The molecule has 0 heterocycles. The van der Waals surface area contributed by atoms with E-state index in [0.717, 1.165) is 28.3 Å². The smallest absolute Gasteiger partial charge is 0.326 e. The Hall–Kier alpha value is -1.46. The Labute approximate surface area is 120 Å². The molecule has 2 aromatic rings. The standard InChI is InChI=1S/C15H14F3NS/c1-10-3-2-4-12(7-10)20-14-6-5-11(9-19)8-13(14)15(16,17)18/h2-8H,9,19H2,1H3. The van der Waals surface area contributed by atoms with E-state index in [9.17, 15) is 13.2 Å². The molecule has 2 rings (SSSR count). The Morgan fingerprint density at radius 1 is 1.10 bits per heavy atom. The first-order valence-electron chi connectivity index (χ1n) is 6.05. The molecule has 0 bridgehead atoms. The monoisotopic (exact) mass is 297 g/mol. The average Bonchev–Trinajstić information content (AvgIpc) is 2.38. The molecule has 0 spiro atoms. The molecule has 0 aliphatic carbocycles. The zero-order valence-corrected chi connectivity index (χ0v) is 11.7. The third-order valence-corrected chi connectivity index (χ3v) is 3.87. The van der Waals surface area contributed by atoms with Gasteiger partial charge in [-0.3, -0.25) is 0 Å². The highest BCUT2D eigenvalue weighted by Gasteiger charge is 2.33. The Morgan fingerprint density at radius 3 is 2.45 bits per heavy atom. The van der Waals surface area contributed by atoms with Gasteiger partial charge in [-0.15, -0.1) is 0 Å². The van der Waals surface area contributed by atoms with Crippen LogP contribution in [-0.2, 0) is 12.7 Å². The van der Waals surface area contributed by atoms with E-state index < -0.39 is 11.7 Å². The maximum absolute atomic E-state index is 13.1. The zero-order valence-electron chi connectivity index (χ0n) is 10.9. The molecule has 0 aromatic heterocycles. The van der Waals surface area contributed by atoms with E-state index in [1.807, 2.05) is 25.1 Å². The quantitative estimate of drug-likeness (QED) is 0.894. The summed E-state index contributed by atoms with van der Waals surface area (Å²) in [5.41, 5.74) is 6.27. The number of rotatable bonds is 3. The zero-order chi connectivity index (χ0) is 14.8. The minimum Gasteiger partial charge on any atom is -0.326 e. The van der Waals surface area contributed by atoms with E-state index in [2.05, 4.69) is 0 Å². The highest BCUT2D eigenvalue weighted by Crippen LogP contribution is 2.40. The molecule has 2 N–H and O–H groups in total. The number of halogens is 3. The third-order valence-electron chi connectivity index (χ3n) is 2.80. The van der Waals surface area contributed by atoms with Gasteiger partial charge in [0.25, 0.3) is 0 Å². The fraction of sp³-hybridized carbons (Fsp3) is 0.200. The van der Waals surface area contributed by atoms with Gasteiger partial charge in [0.05, 0.1) is 5.56 Å². The van der Waals surface area contributed by atoms with E-state index in [1.54, 1.807) is 12.1 Å². The van der Waals surface area contributed by atoms with Crippen LogP contribution in [-0.4, -0.2) is 0 Å². The second-order valence-corrected chi connectivity index (χ2v) is 5.57. The lowest BCUT2D eigenvalue weighted by molar-refractivity contribution is -0.139. The Balaban J connectivity index is 2.41. The second-order valence-electron chi connectivity index (χ2n) is 4.45. The van der Waals surface area contributed by atoms with Crippen molar-refractivity contribution in [3.8, 4) is 0 Å². The molecule has 0 radical (unpaired) electrons. The molecule has 0 amide bonds. The first-order valence-corrected chi connectivity index (χ1v) is 6.86. The van der Waals surface area contributed by atoms with E-state index in [-0.39, 0.29) is 11.4 Å². The van der Waals surface area contributed by atoms with Crippen LogP contribution < -0.4 is 5.73 Å². The Morgan fingerprint density at radius 2 is 1.85 bits per heavy atom. The number of aryl methyl sites for hydroxylation is 1. The summed E-state index contributed by atoms with van der Waals surface area (Å²) in [6.07, 6.45) is -4.38. The lowest BCUT2D eigenvalue weighted by atomic mass is 10.1. The summed E-state index contributed by atoms with van der Waals surface area (Å²) in [7, 11) is 0. The Kier molecular flexibility index (Phi) is 4.40. The lowest BCUT2D eigenvalue weighted by Crippen LogP contribution is -2.08. The van der Waals surface area contributed by atoms with Gasteiger partial charge < -0.3 is 5.73 Å². The molecular formula is C15H14F3NS. The first-order chi connectivity index (χ1) is 9.40. The van der Waals surface area contributed by atoms with Gasteiger partial charge in [-0.1, -0.05) is 35.5 Å². The highest BCUT2D eigenvalue weighted by atomic mass is 32.2. The Bertz CT molecular complexity index is 608. The number of hydrogen-bond donors (Lipinski definition) is 1. The summed E-state index contributed by atoms with van der Waals surface area (Å²) in [4.78, 5) is 0.983. The van der Waals surface area contributed by atoms with Crippen LogP contribution in [0.5, 0.6) is 0 Å². The van der Waals surface area contributed by atoms with Crippen molar-refractivity contribution >= 4 is 11.8 Å². The number of hydrogen-bond acceptors (Lipinski definition) is 2. The molecule has 5 heteroatoms. The van der Waals surface area contributed by atoms with Crippen LogP contribution in [0, 0.1) is 6.92 Å². The minimum atomic E-state index is -4.38.